The number of hydrogen-bond acceptors (Lipinski definition) is 3. The molecule has 1 aliphatic rings. The number of carbonyl (C=O) groups excluding carboxylic acids is 1. The molecule has 2 heterocycles. The number of likely N-dealkylation sites (tertiary alicyclic amines) is 1. The van der Waals surface area contributed by atoms with Crippen molar-refractivity contribution in [1.29, 1.82) is 0 Å². The molecule has 0 N–H and O–H groups in total. The van der Waals surface area contributed by atoms with E-state index in [-0.39, 0.29) is 5.91 Å². The van der Waals surface area contributed by atoms with E-state index in [1.165, 1.54) is 4.90 Å². The Labute approximate surface area is 142 Å². The molecule has 1 saturated heterocycles. The van der Waals surface area contributed by atoms with Crippen LogP contribution in [0.25, 0.3) is 0 Å². The largest absolute Gasteiger partial charge is 0.342 e. The molecule has 2 aromatic rings. The summed E-state index contributed by atoms with van der Waals surface area (Å²) in [4.78, 5) is 19.8. The molecule has 0 bridgehead atoms. The third kappa shape index (κ3) is 4.83. The van der Waals surface area contributed by atoms with Crippen molar-refractivity contribution in [2.24, 2.45) is 5.92 Å². The van der Waals surface area contributed by atoms with Crippen LogP contribution in [0.3, 0.4) is 0 Å². The molecule has 1 amide bonds. The molecular weight excluding hydrogens is 304 g/mol. The van der Waals surface area contributed by atoms with Gasteiger partial charge >= 0.3 is 0 Å². The van der Waals surface area contributed by atoms with Crippen LogP contribution >= 0.6 is 11.8 Å². The summed E-state index contributed by atoms with van der Waals surface area (Å²) in [5, 5.41) is 0. The number of hydrogen-bond donors (Lipinski definition) is 0. The van der Waals surface area contributed by atoms with Gasteiger partial charge in [0.1, 0.15) is 0 Å². The zero-order valence-electron chi connectivity index (χ0n) is 13.2. The van der Waals surface area contributed by atoms with Gasteiger partial charge in [0, 0.05) is 42.6 Å². The number of aryl methyl sites for hydroxylation is 1. The van der Waals surface area contributed by atoms with E-state index >= 15 is 0 Å². The lowest BCUT2D eigenvalue weighted by molar-refractivity contribution is -0.130. The molecule has 23 heavy (non-hydrogen) atoms. The van der Waals surface area contributed by atoms with E-state index < -0.39 is 0 Å². The van der Waals surface area contributed by atoms with Crippen LogP contribution in [0.15, 0.2) is 59.8 Å². The lowest BCUT2D eigenvalue weighted by atomic mass is 10.1. The first-order chi connectivity index (χ1) is 11.3. The Kier molecular flexibility index (Phi) is 5.70. The van der Waals surface area contributed by atoms with Crippen molar-refractivity contribution in [3.63, 3.8) is 0 Å². The number of nitrogens with zero attached hydrogens (tertiary/aromatic N) is 2. The predicted octanol–water partition coefficient (Wildman–Crippen LogP) is 3.66. The van der Waals surface area contributed by atoms with Gasteiger partial charge in [0.25, 0.3) is 0 Å². The second-order valence-corrected chi connectivity index (χ2v) is 7.07. The van der Waals surface area contributed by atoms with Crippen molar-refractivity contribution in [3.05, 3.63) is 60.4 Å². The second-order valence-electron chi connectivity index (χ2n) is 5.98. The van der Waals surface area contributed by atoms with Crippen LogP contribution in [-0.4, -0.2) is 34.6 Å². The quantitative estimate of drug-likeness (QED) is 0.760. The van der Waals surface area contributed by atoms with Crippen LogP contribution in [0.5, 0.6) is 0 Å². The van der Waals surface area contributed by atoms with E-state index in [4.69, 9.17) is 0 Å². The fraction of sp³-hybridized carbons (Fsp3) is 0.368. The number of benzene rings is 1. The summed E-state index contributed by atoms with van der Waals surface area (Å²) in [6, 6.07) is 14.4. The van der Waals surface area contributed by atoms with Gasteiger partial charge in [-0.15, -0.1) is 11.8 Å². The van der Waals surface area contributed by atoms with Crippen LogP contribution in [0.1, 0.15) is 18.4 Å². The molecule has 0 radical (unpaired) electrons. The Morgan fingerprint density at radius 3 is 2.87 bits per heavy atom. The maximum absolute atomic E-state index is 12.3. The molecule has 1 aromatic carbocycles. The van der Waals surface area contributed by atoms with Gasteiger partial charge < -0.3 is 4.90 Å². The Hall–Kier alpha value is -1.81. The van der Waals surface area contributed by atoms with E-state index in [0.29, 0.717) is 12.3 Å². The second kappa shape index (κ2) is 8.16. The van der Waals surface area contributed by atoms with Crippen LogP contribution in [0, 0.1) is 5.92 Å². The van der Waals surface area contributed by atoms with Gasteiger partial charge in [0.05, 0.1) is 0 Å². The normalized spacial score (nSPS) is 17.4. The van der Waals surface area contributed by atoms with E-state index in [0.717, 1.165) is 37.2 Å². The average Bonchev–Trinajstić information content (AvgIpc) is 3.09. The number of amides is 1. The zero-order valence-corrected chi connectivity index (χ0v) is 14.0. The molecule has 3 nitrogen and oxygen atoms in total. The van der Waals surface area contributed by atoms with Gasteiger partial charge in [0.2, 0.25) is 5.91 Å². The van der Waals surface area contributed by atoms with Crippen molar-refractivity contribution >= 4 is 17.7 Å². The molecular formula is C19H22N2OS. The smallest absolute Gasteiger partial charge is 0.222 e. The minimum Gasteiger partial charge on any atom is -0.342 e. The van der Waals surface area contributed by atoms with Crippen LogP contribution < -0.4 is 0 Å². The Morgan fingerprint density at radius 1 is 1.22 bits per heavy atom. The topological polar surface area (TPSA) is 33.2 Å². The third-order valence-electron chi connectivity index (χ3n) is 4.22. The van der Waals surface area contributed by atoms with Crippen molar-refractivity contribution in [2.75, 3.05) is 18.8 Å². The van der Waals surface area contributed by atoms with Gasteiger partial charge in [-0.3, -0.25) is 9.78 Å². The molecule has 0 spiro atoms. The number of aromatic nitrogens is 1. The molecule has 4 heteroatoms. The van der Waals surface area contributed by atoms with E-state index in [1.54, 1.807) is 6.20 Å². The van der Waals surface area contributed by atoms with Gasteiger partial charge in [-0.2, -0.15) is 0 Å². The minimum atomic E-state index is 0.279. The fourth-order valence-electron chi connectivity index (χ4n) is 2.88. The van der Waals surface area contributed by atoms with Crippen LogP contribution in [0.2, 0.25) is 0 Å². The summed E-state index contributed by atoms with van der Waals surface area (Å²) < 4.78 is 0. The first kappa shape index (κ1) is 16.1. The molecule has 1 aromatic heterocycles. The Balaban J connectivity index is 1.41. The maximum Gasteiger partial charge on any atom is 0.222 e. The zero-order chi connectivity index (χ0) is 15.9. The van der Waals surface area contributed by atoms with Crippen LogP contribution in [0.4, 0.5) is 0 Å². The molecule has 1 aliphatic heterocycles. The van der Waals surface area contributed by atoms with Crippen molar-refractivity contribution in [2.45, 2.75) is 24.2 Å². The number of thioether (sulfide) groups is 1. The Morgan fingerprint density at radius 2 is 2.09 bits per heavy atom. The van der Waals surface area contributed by atoms with E-state index in [9.17, 15) is 4.79 Å². The predicted molar refractivity (Wildman–Crippen MR) is 94.4 cm³/mol. The fourth-order valence-corrected chi connectivity index (χ4v) is 3.93. The standard InChI is InChI=1S/C19H22N2OS/c22-19(9-8-16-5-4-11-20-13-16)21-12-10-17(14-21)15-23-18-6-2-1-3-7-18/h1-7,11,13,17H,8-10,12,14-15H2. The first-order valence-electron chi connectivity index (χ1n) is 8.16. The van der Waals surface area contributed by atoms with Crippen molar-refractivity contribution < 1.29 is 4.79 Å². The van der Waals surface area contributed by atoms with Crippen LogP contribution in [-0.2, 0) is 11.2 Å². The average molecular weight is 326 g/mol. The lowest BCUT2D eigenvalue weighted by Crippen LogP contribution is -2.29. The highest BCUT2D eigenvalue weighted by Gasteiger charge is 2.25. The highest BCUT2D eigenvalue weighted by Crippen LogP contribution is 2.26. The summed E-state index contributed by atoms with van der Waals surface area (Å²) in [7, 11) is 0. The number of carbonyl (C=O) groups is 1. The maximum atomic E-state index is 12.3. The van der Waals surface area contributed by atoms with Gasteiger partial charge in [-0.05, 0) is 42.5 Å². The molecule has 0 saturated carbocycles. The molecule has 1 unspecified atom stereocenters. The van der Waals surface area contributed by atoms with E-state index in [2.05, 4.69) is 29.2 Å². The van der Waals surface area contributed by atoms with Crippen molar-refractivity contribution in [3.8, 4) is 0 Å². The highest BCUT2D eigenvalue weighted by atomic mass is 32.2. The summed E-state index contributed by atoms with van der Waals surface area (Å²) in [6.45, 7) is 1.82. The molecule has 0 aliphatic carbocycles. The SMILES string of the molecule is O=C(CCc1cccnc1)N1CCC(CSc2ccccc2)C1. The molecule has 1 fully saturated rings. The number of pyridine rings is 1. The lowest BCUT2D eigenvalue weighted by Gasteiger charge is -2.16. The summed E-state index contributed by atoms with van der Waals surface area (Å²) in [5.74, 6) is 1.99. The Bertz CT molecular complexity index is 618. The molecule has 3 rings (SSSR count). The first-order valence-corrected chi connectivity index (χ1v) is 9.14. The highest BCUT2D eigenvalue weighted by molar-refractivity contribution is 7.99. The third-order valence-corrected chi connectivity index (χ3v) is 5.46. The van der Waals surface area contributed by atoms with E-state index in [1.807, 2.05) is 41.1 Å². The van der Waals surface area contributed by atoms with Crippen molar-refractivity contribution in [1.82, 2.24) is 9.88 Å². The number of rotatable bonds is 6. The molecule has 120 valence electrons. The molecule has 1 atom stereocenters. The monoisotopic (exact) mass is 326 g/mol. The van der Waals surface area contributed by atoms with Gasteiger partial charge in [-0.1, -0.05) is 24.3 Å². The summed E-state index contributed by atoms with van der Waals surface area (Å²) in [5.41, 5.74) is 1.14. The summed E-state index contributed by atoms with van der Waals surface area (Å²) >= 11 is 1.90. The van der Waals surface area contributed by atoms with Gasteiger partial charge in [0.15, 0.2) is 0 Å². The minimum absolute atomic E-state index is 0.279. The van der Waals surface area contributed by atoms with Gasteiger partial charge in [-0.25, -0.2) is 0 Å². The summed E-state index contributed by atoms with van der Waals surface area (Å²) in [6.07, 6.45) is 6.10.